The molecule has 0 spiro atoms. The number of ether oxygens (including phenoxy) is 1. The summed E-state index contributed by atoms with van der Waals surface area (Å²) in [6, 6.07) is 26.1. The van der Waals surface area contributed by atoms with Gasteiger partial charge in [-0.15, -0.1) is 0 Å². The summed E-state index contributed by atoms with van der Waals surface area (Å²) in [5, 5.41) is 9.02. The van der Waals surface area contributed by atoms with E-state index >= 15 is 0 Å². The molecule has 1 N–H and O–H groups in total. The molecule has 32 heavy (non-hydrogen) atoms. The Morgan fingerprint density at radius 1 is 0.719 bits per heavy atom. The van der Waals surface area contributed by atoms with Crippen molar-refractivity contribution in [2.75, 3.05) is 32.8 Å². The van der Waals surface area contributed by atoms with Gasteiger partial charge in [0.15, 0.2) is 0 Å². The number of carbonyl (C=O) groups is 1. The van der Waals surface area contributed by atoms with Crippen LogP contribution in [0.2, 0.25) is 0 Å². The first kappa shape index (κ1) is 22.1. The minimum absolute atomic E-state index is 0.339. The van der Waals surface area contributed by atoms with Crippen molar-refractivity contribution in [1.82, 2.24) is 9.80 Å². The summed E-state index contributed by atoms with van der Waals surface area (Å²) < 4.78 is 5.89. The van der Waals surface area contributed by atoms with Crippen LogP contribution < -0.4 is 4.74 Å². The average Bonchev–Trinajstić information content (AvgIpc) is 2.82. The van der Waals surface area contributed by atoms with Crippen molar-refractivity contribution < 1.29 is 14.6 Å². The largest absolute Gasteiger partial charge is 0.493 e. The van der Waals surface area contributed by atoms with Crippen LogP contribution in [0.4, 0.5) is 0 Å². The Morgan fingerprint density at radius 3 is 1.78 bits per heavy atom. The van der Waals surface area contributed by atoms with E-state index in [1.54, 1.807) is 12.1 Å². The molecule has 0 radical (unpaired) electrons. The molecular weight excluding hydrogens is 400 g/mol. The van der Waals surface area contributed by atoms with Crippen molar-refractivity contribution in [3.05, 3.63) is 101 Å². The molecule has 0 unspecified atom stereocenters. The molecule has 1 aliphatic heterocycles. The van der Waals surface area contributed by atoms with Gasteiger partial charge in [-0.3, -0.25) is 9.80 Å². The number of rotatable bonds is 9. The quantitative estimate of drug-likeness (QED) is 0.548. The molecule has 0 saturated carbocycles. The Bertz CT molecular complexity index is 980. The minimum Gasteiger partial charge on any atom is -0.493 e. The zero-order valence-electron chi connectivity index (χ0n) is 18.3. The number of carboxylic acids is 1. The fourth-order valence-electron chi connectivity index (χ4n) is 4.00. The van der Waals surface area contributed by atoms with E-state index in [1.165, 1.54) is 11.1 Å². The average molecular weight is 431 g/mol. The van der Waals surface area contributed by atoms with Crippen LogP contribution in [0.25, 0.3) is 0 Å². The molecule has 1 heterocycles. The first-order valence-electron chi connectivity index (χ1n) is 11.2. The van der Waals surface area contributed by atoms with Crippen LogP contribution in [-0.2, 0) is 19.5 Å². The second kappa shape index (κ2) is 10.9. The Hall–Kier alpha value is -3.15. The van der Waals surface area contributed by atoms with Gasteiger partial charge in [0.2, 0.25) is 0 Å². The van der Waals surface area contributed by atoms with Gasteiger partial charge >= 0.3 is 5.97 Å². The van der Waals surface area contributed by atoms with E-state index in [2.05, 4.69) is 58.3 Å². The predicted octanol–water partition coefficient (Wildman–Crippen LogP) is 4.32. The van der Waals surface area contributed by atoms with Crippen molar-refractivity contribution in [2.45, 2.75) is 19.5 Å². The van der Waals surface area contributed by atoms with E-state index < -0.39 is 5.97 Å². The number of nitrogens with zero attached hydrogens (tertiary/aromatic N) is 2. The van der Waals surface area contributed by atoms with Crippen molar-refractivity contribution in [3.63, 3.8) is 0 Å². The molecule has 1 saturated heterocycles. The second-order valence-corrected chi connectivity index (χ2v) is 8.28. The van der Waals surface area contributed by atoms with Crippen molar-refractivity contribution in [2.24, 2.45) is 0 Å². The summed E-state index contributed by atoms with van der Waals surface area (Å²) >= 11 is 0. The van der Waals surface area contributed by atoms with Gasteiger partial charge in [0.1, 0.15) is 5.75 Å². The van der Waals surface area contributed by atoms with Gasteiger partial charge in [0.25, 0.3) is 0 Å². The van der Waals surface area contributed by atoms with Crippen LogP contribution >= 0.6 is 0 Å². The van der Waals surface area contributed by atoms with Crippen molar-refractivity contribution in [1.29, 1.82) is 0 Å². The molecule has 166 valence electrons. The molecule has 3 aromatic rings. The summed E-state index contributed by atoms with van der Waals surface area (Å²) in [7, 11) is 0. The fourth-order valence-corrected chi connectivity index (χ4v) is 4.00. The van der Waals surface area contributed by atoms with E-state index in [0.717, 1.165) is 57.0 Å². The first-order valence-corrected chi connectivity index (χ1v) is 11.2. The summed E-state index contributed by atoms with van der Waals surface area (Å²) in [5.41, 5.74) is 4.09. The maximum atomic E-state index is 11.0. The highest BCUT2D eigenvalue weighted by atomic mass is 16.5. The number of piperazine rings is 1. The SMILES string of the molecule is O=C(O)c1ccc(CN2CCN(Cc3ccc(OCCc4ccccc4)cc3)CC2)cc1. The van der Waals surface area contributed by atoms with E-state index in [0.29, 0.717) is 12.2 Å². The second-order valence-electron chi connectivity index (χ2n) is 8.28. The topological polar surface area (TPSA) is 53.0 Å². The molecule has 1 aliphatic rings. The van der Waals surface area contributed by atoms with Crippen LogP contribution in [0, 0.1) is 0 Å². The van der Waals surface area contributed by atoms with Crippen molar-refractivity contribution >= 4 is 5.97 Å². The predicted molar refractivity (Wildman–Crippen MR) is 126 cm³/mol. The lowest BCUT2D eigenvalue weighted by molar-refractivity contribution is 0.0697. The zero-order chi connectivity index (χ0) is 22.2. The van der Waals surface area contributed by atoms with Gasteiger partial charge in [0.05, 0.1) is 12.2 Å². The van der Waals surface area contributed by atoms with E-state index in [-0.39, 0.29) is 0 Å². The normalized spacial score (nSPS) is 14.9. The summed E-state index contributed by atoms with van der Waals surface area (Å²) in [6.45, 7) is 6.59. The molecule has 0 bridgehead atoms. The molecular formula is C27H30N2O3. The summed E-state index contributed by atoms with van der Waals surface area (Å²) in [5.74, 6) is 0.0420. The van der Waals surface area contributed by atoms with Gasteiger partial charge in [0, 0.05) is 45.7 Å². The van der Waals surface area contributed by atoms with E-state index in [9.17, 15) is 4.79 Å². The highest BCUT2D eigenvalue weighted by Gasteiger charge is 2.17. The maximum absolute atomic E-state index is 11.0. The van der Waals surface area contributed by atoms with Crippen LogP contribution in [0.3, 0.4) is 0 Å². The van der Waals surface area contributed by atoms with Gasteiger partial charge in [-0.1, -0.05) is 54.6 Å². The lowest BCUT2D eigenvalue weighted by Crippen LogP contribution is -2.45. The van der Waals surface area contributed by atoms with Crippen LogP contribution in [-0.4, -0.2) is 53.7 Å². The highest BCUT2D eigenvalue weighted by molar-refractivity contribution is 5.87. The third-order valence-electron chi connectivity index (χ3n) is 5.90. The lowest BCUT2D eigenvalue weighted by Gasteiger charge is -2.34. The molecule has 0 amide bonds. The standard InChI is InChI=1S/C27H30N2O3/c30-27(31)25-10-6-23(7-11-25)20-28-15-17-29(18-16-28)21-24-8-12-26(13-9-24)32-19-14-22-4-2-1-3-5-22/h1-13H,14-21H2,(H,30,31). The van der Waals surface area contributed by atoms with Crippen LogP contribution in [0.1, 0.15) is 27.0 Å². The monoisotopic (exact) mass is 430 g/mol. The molecule has 1 fully saturated rings. The Labute approximate surface area is 189 Å². The van der Waals surface area contributed by atoms with Gasteiger partial charge in [-0.2, -0.15) is 0 Å². The van der Waals surface area contributed by atoms with Crippen molar-refractivity contribution in [3.8, 4) is 5.75 Å². The number of hydrogen-bond acceptors (Lipinski definition) is 4. The Balaban J connectivity index is 1.18. The fraction of sp³-hybridized carbons (Fsp3) is 0.296. The van der Waals surface area contributed by atoms with Gasteiger partial charge in [-0.05, 0) is 41.0 Å². The van der Waals surface area contributed by atoms with Gasteiger partial charge < -0.3 is 9.84 Å². The molecule has 5 nitrogen and oxygen atoms in total. The number of aromatic carboxylic acids is 1. The van der Waals surface area contributed by atoms with E-state index in [1.807, 2.05) is 18.2 Å². The summed E-state index contributed by atoms with van der Waals surface area (Å²) in [4.78, 5) is 15.9. The van der Waals surface area contributed by atoms with Crippen LogP contribution in [0.15, 0.2) is 78.9 Å². The third-order valence-corrected chi connectivity index (χ3v) is 5.90. The molecule has 0 aliphatic carbocycles. The molecule has 0 aromatic heterocycles. The number of hydrogen-bond donors (Lipinski definition) is 1. The zero-order valence-corrected chi connectivity index (χ0v) is 18.3. The first-order chi connectivity index (χ1) is 15.7. The highest BCUT2D eigenvalue weighted by Crippen LogP contribution is 2.16. The molecule has 4 rings (SSSR count). The molecule has 5 heteroatoms. The number of benzene rings is 3. The maximum Gasteiger partial charge on any atom is 0.335 e. The third kappa shape index (κ3) is 6.42. The number of carboxylic acid groups (broad SMARTS) is 1. The van der Waals surface area contributed by atoms with Crippen LogP contribution in [0.5, 0.6) is 5.75 Å². The van der Waals surface area contributed by atoms with Gasteiger partial charge in [-0.25, -0.2) is 4.79 Å². The molecule has 0 atom stereocenters. The summed E-state index contributed by atoms with van der Waals surface area (Å²) in [6.07, 6.45) is 0.913. The van der Waals surface area contributed by atoms with E-state index in [4.69, 9.17) is 9.84 Å². The molecule has 3 aromatic carbocycles. The Kier molecular flexibility index (Phi) is 7.54. The Morgan fingerprint density at radius 2 is 1.25 bits per heavy atom. The minimum atomic E-state index is -0.878. The lowest BCUT2D eigenvalue weighted by atomic mass is 10.1. The smallest absolute Gasteiger partial charge is 0.335 e.